The third kappa shape index (κ3) is 5.49. The first-order valence-electron chi connectivity index (χ1n) is 15.2. The topological polar surface area (TPSA) is 29.5 Å². The molecule has 0 spiro atoms. The van der Waals surface area contributed by atoms with Gasteiger partial charge >= 0.3 is 5.97 Å². The van der Waals surface area contributed by atoms with Crippen molar-refractivity contribution < 1.29 is 31.5 Å². The second kappa shape index (κ2) is 12.0. The molecule has 4 aromatic carbocycles. The number of halogens is 5. The maximum atomic E-state index is 14.5. The molecule has 1 fully saturated rings. The minimum atomic E-state index is -2.30. The van der Waals surface area contributed by atoms with Crippen LogP contribution in [0, 0.1) is 40.4 Å². The van der Waals surface area contributed by atoms with Crippen LogP contribution in [0.5, 0.6) is 5.75 Å². The molecule has 234 valence electrons. The zero-order valence-corrected chi connectivity index (χ0v) is 25.2. The molecule has 0 radical (unpaired) electrons. The maximum Gasteiger partial charge on any atom is 0.317 e. The first kappa shape index (κ1) is 30.8. The number of ether oxygens (including phenoxy) is 1. The third-order valence-corrected chi connectivity index (χ3v) is 9.97. The molecule has 0 saturated heterocycles. The lowest BCUT2D eigenvalue weighted by Crippen LogP contribution is -2.53. The van der Waals surface area contributed by atoms with Gasteiger partial charge in [0, 0.05) is 18.8 Å². The predicted molar refractivity (Wildman–Crippen MR) is 162 cm³/mol. The normalized spacial score (nSPS) is 22.3. The number of nitrogens with zero attached hydrogens (tertiary/aromatic N) is 1. The summed E-state index contributed by atoms with van der Waals surface area (Å²) in [4.78, 5) is 16.0. The zero-order chi connectivity index (χ0) is 31.9. The quantitative estimate of drug-likeness (QED) is 0.0679. The molecule has 6 rings (SSSR count). The average molecular weight is 620 g/mol. The van der Waals surface area contributed by atoms with Gasteiger partial charge in [-0.2, -0.15) is 8.78 Å². The van der Waals surface area contributed by atoms with Crippen LogP contribution < -0.4 is 9.64 Å². The largest absolute Gasteiger partial charge is 0.420 e. The number of anilines is 1. The van der Waals surface area contributed by atoms with Gasteiger partial charge in [0.1, 0.15) is 0 Å². The Kier molecular flexibility index (Phi) is 8.18. The second-order valence-corrected chi connectivity index (χ2v) is 12.7. The number of rotatable bonds is 7. The summed E-state index contributed by atoms with van der Waals surface area (Å²) in [6.45, 7) is 5.16. The molecule has 0 aliphatic heterocycles. The summed E-state index contributed by atoms with van der Waals surface area (Å²) in [6, 6.07) is 26.9. The van der Waals surface area contributed by atoms with Crippen LogP contribution in [0.4, 0.5) is 27.6 Å². The Morgan fingerprint density at radius 1 is 0.778 bits per heavy atom. The van der Waals surface area contributed by atoms with Crippen molar-refractivity contribution in [1.29, 1.82) is 0 Å². The number of carbonyl (C=O) groups is 1. The van der Waals surface area contributed by atoms with Gasteiger partial charge in [-0.1, -0.05) is 80.1 Å². The Bertz CT molecular complexity index is 1660. The molecule has 3 nitrogen and oxygen atoms in total. The fourth-order valence-corrected chi connectivity index (χ4v) is 7.62. The summed E-state index contributed by atoms with van der Waals surface area (Å²) >= 11 is 0. The Morgan fingerprint density at radius 3 is 1.91 bits per heavy atom. The van der Waals surface area contributed by atoms with Crippen molar-refractivity contribution >= 4 is 11.7 Å². The Morgan fingerprint density at radius 2 is 1.33 bits per heavy atom. The van der Waals surface area contributed by atoms with Crippen molar-refractivity contribution in [2.24, 2.45) is 11.3 Å². The molecule has 0 unspecified atom stereocenters. The average Bonchev–Trinajstić information content (AvgIpc) is 3.05. The number of aryl methyl sites for hydroxylation is 1. The second-order valence-electron chi connectivity index (χ2n) is 12.7. The molecule has 2 aliphatic carbocycles. The van der Waals surface area contributed by atoms with Crippen molar-refractivity contribution in [1.82, 2.24) is 0 Å². The van der Waals surface area contributed by atoms with E-state index in [0.717, 1.165) is 28.8 Å². The number of esters is 1. The maximum absolute atomic E-state index is 14.5. The summed E-state index contributed by atoms with van der Waals surface area (Å²) in [5.41, 5.74) is 3.94. The van der Waals surface area contributed by atoms with Crippen LogP contribution in [-0.2, 0) is 29.7 Å². The molecule has 45 heavy (non-hydrogen) atoms. The van der Waals surface area contributed by atoms with Crippen LogP contribution in [0.3, 0.4) is 0 Å². The van der Waals surface area contributed by atoms with E-state index in [4.69, 9.17) is 4.74 Å². The van der Waals surface area contributed by atoms with Gasteiger partial charge in [0.05, 0.1) is 5.41 Å². The molecular formula is C37H34F5NO2. The predicted octanol–water partition coefficient (Wildman–Crippen LogP) is 9.20. The Labute approximate surface area is 259 Å². The number of benzene rings is 4. The summed E-state index contributed by atoms with van der Waals surface area (Å²) in [7, 11) is 0. The first-order valence-corrected chi connectivity index (χ1v) is 15.2. The van der Waals surface area contributed by atoms with Crippen LogP contribution in [0.2, 0.25) is 0 Å². The molecule has 3 atom stereocenters. The van der Waals surface area contributed by atoms with Gasteiger partial charge in [-0.15, -0.1) is 0 Å². The monoisotopic (exact) mass is 619 g/mol. The van der Waals surface area contributed by atoms with E-state index in [2.05, 4.69) is 54.3 Å². The van der Waals surface area contributed by atoms with E-state index < -0.39 is 51.6 Å². The van der Waals surface area contributed by atoms with Crippen molar-refractivity contribution in [3.05, 3.63) is 130 Å². The highest BCUT2D eigenvalue weighted by atomic mass is 19.2. The van der Waals surface area contributed by atoms with Crippen molar-refractivity contribution in [2.45, 2.75) is 64.5 Å². The van der Waals surface area contributed by atoms with Crippen molar-refractivity contribution in [3.8, 4) is 5.75 Å². The fraction of sp³-hybridized carbons (Fsp3) is 0.324. The lowest BCUT2D eigenvalue weighted by molar-refractivity contribution is -0.154. The van der Waals surface area contributed by atoms with Gasteiger partial charge in [-0.3, -0.25) is 4.79 Å². The van der Waals surface area contributed by atoms with Crippen LogP contribution in [-0.4, -0.2) is 5.97 Å². The third-order valence-electron chi connectivity index (χ3n) is 9.97. The van der Waals surface area contributed by atoms with E-state index in [1.165, 1.54) is 5.56 Å². The number of fused-ring (bicyclic) bond motifs is 3. The molecule has 0 N–H and O–H groups in total. The molecule has 0 heterocycles. The summed E-state index contributed by atoms with van der Waals surface area (Å²) in [5.74, 6) is -13.7. The van der Waals surface area contributed by atoms with E-state index in [0.29, 0.717) is 38.8 Å². The Balaban J connectivity index is 1.35. The van der Waals surface area contributed by atoms with E-state index >= 15 is 0 Å². The highest BCUT2D eigenvalue weighted by Crippen LogP contribution is 2.58. The van der Waals surface area contributed by atoms with Gasteiger partial charge in [0.2, 0.25) is 34.8 Å². The van der Waals surface area contributed by atoms with Gasteiger partial charge in [-0.25, -0.2) is 13.2 Å². The molecule has 2 aliphatic rings. The van der Waals surface area contributed by atoms with E-state index in [1.807, 2.05) is 36.4 Å². The standard InChI is InChI=1S/C37H34F5NO2/c1-36-18-9-19-37(2,35(44)45-34-32(41)30(39)29(38)31(40)33(34)42)28(36)17-15-25-14-16-26(20-27(25)36)43(21-23-10-5-3-6-11-23)22-24-12-7-4-8-13-24/h3-8,10-14,16,20,28H,9,15,17-19,21-22H2,1-2H3/t28-,36-,37+/m1/s1. The fourth-order valence-electron chi connectivity index (χ4n) is 7.62. The smallest absolute Gasteiger partial charge is 0.317 e. The summed E-state index contributed by atoms with van der Waals surface area (Å²) < 4.78 is 75.5. The number of hydrogen-bond donors (Lipinski definition) is 0. The minimum Gasteiger partial charge on any atom is -0.420 e. The van der Waals surface area contributed by atoms with Crippen molar-refractivity contribution in [2.75, 3.05) is 4.90 Å². The minimum absolute atomic E-state index is 0.285. The first-order chi connectivity index (χ1) is 21.5. The number of carbonyl (C=O) groups excluding carboxylic acids is 1. The molecule has 4 aromatic rings. The van der Waals surface area contributed by atoms with Gasteiger partial charge in [-0.05, 0) is 78.3 Å². The van der Waals surface area contributed by atoms with Crippen molar-refractivity contribution in [3.63, 3.8) is 0 Å². The van der Waals surface area contributed by atoms with Crippen LogP contribution >= 0.6 is 0 Å². The van der Waals surface area contributed by atoms with Crippen LogP contribution in [0.1, 0.15) is 61.8 Å². The van der Waals surface area contributed by atoms with Gasteiger partial charge < -0.3 is 9.64 Å². The lowest BCUT2D eigenvalue weighted by atomic mass is 9.50. The molecular weight excluding hydrogens is 585 g/mol. The lowest BCUT2D eigenvalue weighted by Gasteiger charge is -2.54. The SMILES string of the molecule is C[C@]1(C(=O)Oc2c(F)c(F)c(F)c(F)c2F)CCC[C@]2(C)c3cc(N(Cc4ccccc4)Cc4ccccc4)ccc3CC[C@@H]12. The van der Waals surface area contributed by atoms with E-state index in [1.54, 1.807) is 6.92 Å². The highest BCUT2D eigenvalue weighted by Gasteiger charge is 2.56. The van der Waals surface area contributed by atoms with Crippen LogP contribution in [0.25, 0.3) is 0 Å². The molecule has 0 amide bonds. The molecule has 0 bridgehead atoms. The van der Waals surface area contributed by atoms with E-state index in [-0.39, 0.29) is 5.92 Å². The van der Waals surface area contributed by atoms with Gasteiger partial charge in [0.25, 0.3) is 0 Å². The van der Waals surface area contributed by atoms with Gasteiger partial charge in [0.15, 0.2) is 0 Å². The highest BCUT2D eigenvalue weighted by molar-refractivity contribution is 5.80. The van der Waals surface area contributed by atoms with Crippen LogP contribution in [0.15, 0.2) is 78.9 Å². The summed E-state index contributed by atoms with van der Waals surface area (Å²) in [6.07, 6.45) is 3.06. The molecule has 1 saturated carbocycles. The Hall–Kier alpha value is -4.20. The summed E-state index contributed by atoms with van der Waals surface area (Å²) in [5, 5.41) is 0. The zero-order valence-electron chi connectivity index (χ0n) is 25.2. The molecule has 0 aromatic heterocycles. The van der Waals surface area contributed by atoms with E-state index in [9.17, 15) is 26.7 Å². The molecule has 8 heteroatoms. The number of hydrogen-bond acceptors (Lipinski definition) is 3.